The summed E-state index contributed by atoms with van der Waals surface area (Å²) in [6.45, 7) is 3.15. The molecule has 3 amide bonds. The Balaban J connectivity index is 2.32. The first-order valence-corrected chi connectivity index (χ1v) is 5.71. The molecule has 0 aliphatic carbocycles. The molecule has 8 nitrogen and oxygen atoms in total. The highest BCUT2D eigenvalue weighted by molar-refractivity contribution is 5.80. The van der Waals surface area contributed by atoms with Crippen LogP contribution >= 0.6 is 0 Å². The van der Waals surface area contributed by atoms with Gasteiger partial charge in [0.1, 0.15) is 6.54 Å². The molecule has 8 heteroatoms. The second-order valence-corrected chi connectivity index (χ2v) is 3.73. The van der Waals surface area contributed by atoms with Gasteiger partial charge in [0.05, 0.1) is 6.61 Å². The van der Waals surface area contributed by atoms with Crippen LogP contribution < -0.4 is 5.32 Å². The van der Waals surface area contributed by atoms with E-state index in [4.69, 9.17) is 9.84 Å². The van der Waals surface area contributed by atoms with Crippen LogP contribution in [-0.2, 0) is 9.53 Å². The lowest BCUT2D eigenvalue weighted by molar-refractivity contribution is -0.135. The van der Waals surface area contributed by atoms with E-state index in [1.165, 1.54) is 9.80 Å². The van der Waals surface area contributed by atoms with Crippen molar-refractivity contribution in [2.45, 2.75) is 6.92 Å². The lowest BCUT2D eigenvalue weighted by Crippen LogP contribution is -2.53. The number of nitrogens with zero attached hydrogens (tertiary/aromatic N) is 2. The van der Waals surface area contributed by atoms with Gasteiger partial charge in [0.2, 0.25) is 0 Å². The summed E-state index contributed by atoms with van der Waals surface area (Å²) < 4.78 is 4.85. The second kappa shape index (κ2) is 6.67. The molecule has 1 aliphatic heterocycles. The quantitative estimate of drug-likeness (QED) is 0.715. The molecular formula is C10H17N3O5. The SMILES string of the molecule is CCOC(=O)N1CCN(C(=O)NCC(=O)O)CC1. The Morgan fingerprint density at radius 3 is 2.22 bits per heavy atom. The highest BCUT2D eigenvalue weighted by atomic mass is 16.6. The monoisotopic (exact) mass is 259 g/mol. The van der Waals surface area contributed by atoms with Gasteiger partial charge < -0.3 is 25.0 Å². The number of hydrogen-bond acceptors (Lipinski definition) is 4. The van der Waals surface area contributed by atoms with Gasteiger partial charge in [-0.15, -0.1) is 0 Å². The lowest BCUT2D eigenvalue weighted by atomic mass is 10.3. The maximum Gasteiger partial charge on any atom is 0.409 e. The van der Waals surface area contributed by atoms with Crippen LogP contribution in [0.3, 0.4) is 0 Å². The molecule has 0 saturated carbocycles. The van der Waals surface area contributed by atoms with Gasteiger partial charge in [0.25, 0.3) is 0 Å². The van der Waals surface area contributed by atoms with Crippen molar-refractivity contribution in [1.82, 2.24) is 15.1 Å². The van der Waals surface area contributed by atoms with Gasteiger partial charge in [-0.25, -0.2) is 9.59 Å². The molecule has 0 bridgehead atoms. The van der Waals surface area contributed by atoms with Crippen LogP contribution in [0, 0.1) is 0 Å². The number of hydrogen-bond donors (Lipinski definition) is 2. The number of carboxylic acids is 1. The van der Waals surface area contributed by atoms with Crippen LogP contribution in [0.4, 0.5) is 9.59 Å². The van der Waals surface area contributed by atoms with Crippen LogP contribution in [0.2, 0.25) is 0 Å². The fourth-order valence-electron chi connectivity index (χ4n) is 1.57. The average molecular weight is 259 g/mol. The molecule has 2 N–H and O–H groups in total. The highest BCUT2D eigenvalue weighted by Gasteiger charge is 2.24. The maximum absolute atomic E-state index is 11.5. The summed E-state index contributed by atoms with van der Waals surface area (Å²) in [6, 6.07) is -0.430. The third-order valence-corrected chi connectivity index (χ3v) is 2.48. The van der Waals surface area contributed by atoms with E-state index in [0.717, 1.165) is 0 Å². The number of aliphatic carboxylic acids is 1. The van der Waals surface area contributed by atoms with Crippen molar-refractivity contribution in [2.75, 3.05) is 39.3 Å². The van der Waals surface area contributed by atoms with E-state index < -0.39 is 18.5 Å². The van der Waals surface area contributed by atoms with Gasteiger partial charge in [0.15, 0.2) is 0 Å². The molecule has 0 atom stereocenters. The first kappa shape index (κ1) is 14.1. The van der Waals surface area contributed by atoms with Gasteiger partial charge in [-0.1, -0.05) is 0 Å². The minimum Gasteiger partial charge on any atom is -0.480 e. The minimum absolute atomic E-state index is 0.318. The van der Waals surface area contributed by atoms with E-state index in [1.54, 1.807) is 6.92 Å². The number of piperazine rings is 1. The number of amides is 3. The smallest absolute Gasteiger partial charge is 0.409 e. The molecule has 18 heavy (non-hydrogen) atoms. The van der Waals surface area contributed by atoms with Crippen LogP contribution in [-0.4, -0.2) is 72.3 Å². The van der Waals surface area contributed by atoms with E-state index in [2.05, 4.69) is 5.32 Å². The Hall–Kier alpha value is -1.99. The van der Waals surface area contributed by atoms with Crippen molar-refractivity contribution >= 4 is 18.1 Å². The van der Waals surface area contributed by atoms with Crippen LogP contribution in [0.25, 0.3) is 0 Å². The first-order valence-electron chi connectivity index (χ1n) is 5.71. The van der Waals surface area contributed by atoms with E-state index >= 15 is 0 Å². The van der Waals surface area contributed by atoms with Gasteiger partial charge in [-0.3, -0.25) is 4.79 Å². The van der Waals surface area contributed by atoms with Crippen LogP contribution in [0.1, 0.15) is 6.92 Å². The number of rotatable bonds is 3. The van der Waals surface area contributed by atoms with Gasteiger partial charge in [0, 0.05) is 26.2 Å². The molecule has 102 valence electrons. The Morgan fingerprint density at radius 2 is 1.72 bits per heavy atom. The molecule has 0 aromatic carbocycles. The molecule has 0 spiro atoms. The Labute approximate surface area is 104 Å². The summed E-state index contributed by atoms with van der Waals surface area (Å²) in [7, 11) is 0. The van der Waals surface area contributed by atoms with Crippen molar-refractivity contribution in [3.05, 3.63) is 0 Å². The number of carbonyl (C=O) groups excluding carboxylic acids is 2. The van der Waals surface area contributed by atoms with Crippen molar-refractivity contribution in [2.24, 2.45) is 0 Å². The lowest BCUT2D eigenvalue weighted by Gasteiger charge is -2.33. The van der Waals surface area contributed by atoms with Crippen molar-refractivity contribution < 1.29 is 24.2 Å². The van der Waals surface area contributed by atoms with Crippen LogP contribution in [0.15, 0.2) is 0 Å². The molecule has 1 saturated heterocycles. The van der Waals surface area contributed by atoms with Crippen molar-refractivity contribution in [3.63, 3.8) is 0 Å². The van der Waals surface area contributed by atoms with Gasteiger partial charge in [-0.2, -0.15) is 0 Å². The number of carbonyl (C=O) groups is 3. The van der Waals surface area contributed by atoms with Crippen molar-refractivity contribution in [3.8, 4) is 0 Å². The molecule has 1 aliphatic rings. The minimum atomic E-state index is -1.09. The Kier molecular flexibility index (Phi) is 5.22. The third kappa shape index (κ3) is 4.11. The predicted molar refractivity (Wildman–Crippen MR) is 61.2 cm³/mol. The zero-order chi connectivity index (χ0) is 13.5. The molecular weight excluding hydrogens is 242 g/mol. The fraction of sp³-hybridized carbons (Fsp3) is 0.700. The standard InChI is InChI=1S/C10H17N3O5/c1-2-18-10(17)13-5-3-12(4-6-13)9(16)11-7-8(14)15/h2-7H2,1H3,(H,11,16)(H,14,15). The fourth-order valence-corrected chi connectivity index (χ4v) is 1.57. The maximum atomic E-state index is 11.5. The number of ether oxygens (including phenoxy) is 1. The molecule has 0 aromatic heterocycles. The number of carboxylic acid groups (broad SMARTS) is 1. The molecule has 0 radical (unpaired) electrons. The molecule has 1 fully saturated rings. The molecule has 0 aromatic rings. The van der Waals surface area contributed by atoms with Crippen molar-refractivity contribution in [1.29, 1.82) is 0 Å². The average Bonchev–Trinajstić information content (AvgIpc) is 2.36. The summed E-state index contributed by atoms with van der Waals surface area (Å²) in [5.41, 5.74) is 0. The first-order chi connectivity index (χ1) is 8.54. The summed E-state index contributed by atoms with van der Waals surface area (Å²) in [5.74, 6) is -1.09. The topological polar surface area (TPSA) is 99.2 Å². The summed E-state index contributed by atoms with van der Waals surface area (Å²) >= 11 is 0. The molecule has 1 heterocycles. The third-order valence-electron chi connectivity index (χ3n) is 2.48. The zero-order valence-electron chi connectivity index (χ0n) is 10.2. The normalized spacial score (nSPS) is 15.2. The van der Waals surface area contributed by atoms with E-state index in [0.29, 0.717) is 32.8 Å². The summed E-state index contributed by atoms with van der Waals surface area (Å²) in [6.07, 6.45) is -0.386. The number of nitrogens with one attached hydrogen (secondary N) is 1. The Morgan fingerprint density at radius 1 is 1.17 bits per heavy atom. The second-order valence-electron chi connectivity index (χ2n) is 3.73. The van der Waals surface area contributed by atoms with E-state index in [9.17, 15) is 14.4 Å². The van der Waals surface area contributed by atoms with E-state index in [-0.39, 0.29) is 6.09 Å². The molecule has 0 unspecified atom stereocenters. The van der Waals surface area contributed by atoms with Gasteiger partial charge in [-0.05, 0) is 6.92 Å². The zero-order valence-corrected chi connectivity index (χ0v) is 10.2. The highest BCUT2D eigenvalue weighted by Crippen LogP contribution is 2.03. The van der Waals surface area contributed by atoms with Gasteiger partial charge >= 0.3 is 18.1 Å². The predicted octanol–water partition coefficient (Wildman–Crippen LogP) is -0.445. The number of urea groups is 1. The largest absolute Gasteiger partial charge is 0.480 e. The summed E-state index contributed by atoms with van der Waals surface area (Å²) in [4.78, 5) is 36.2. The van der Waals surface area contributed by atoms with Crippen LogP contribution in [0.5, 0.6) is 0 Å². The molecule has 1 rings (SSSR count). The van der Waals surface area contributed by atoms with E-state index in [1.807, 2.05) is 0 Å². The summed E-state index contributed by atoms with van der Waals surface area (Å²) in [5, 5.41) is 10.7. The Bertz CT molecular complexity index is 325.